The van der Waals surface area contributed by atoms with Crippen molar-refractivity contribution in [2.45, 2.75) is 38.9 Å². The number of aliphatic hydroxyl groups is 1. The minimum Gasteiger partial charge on any atom is -0.400 e. The van der Waals surface area contributed by atoms with Gasteiger partial charge in [-0.15, -0.1) is 0 Å². The molecular weight excluding hydrogens is 284 g/mol. The second kappa shape index (κ2) is 5.84. The second-order valence-corrected chi connectivity index (χ2v) is 6.31. The molecule has 1 aromatic rings. The first-order valence-corrected chi connectivity index (χ1v) is 7.07. The Bertz CT molecular complexity index is 633. The molecule has 1 aliphatic rings. The zero-order chi connectivity index (χ0) is 16.5. The monoisotopic (exact) mass is 303 g/mol. The average Bonchev–Trinajstić information content (AvgIpc) is 2.64. The van der Waals surface area contributed by atoms with Crippen molar-refractivity contribution < 1.29 is 18.8 Å². The molecule has 116 valence electrons. The topological polar surface area (TPSA) is 62.5 Å². The van der Waals surface area contributed by atoms with Crippen LogP contribution in [0.25, 0.3) is 6.08 Å². The van der Waals surface area contributed by atoms with Crippen molar-refractivity contribution in [2.24, 2.45) is 0 Å². The number of halogens is 1. The van der Waals surface area contributed by atoms with Crippen LogP contribution in [0, 0.1) is 17.1 Å². The van der Waals surface area contributed by atoms with Crippen LogP contribution in [0.15, 0.2) is 23.7 Å². The molecule has 4 nitrogen and oxygen atoms in total. The van der Waals surface area contributed by atoms with E-state index >= 15 is 0 Å². The first-order valence-electron chi connectivity index (χ1n) is 7.07. The summed E-state index contributed by atoms with van der Waals surface area (Å²) in [6, 6.07) is 5.88. The first kappa shape index (κ1) is 16.7. The maximum Gasteiger partial charge on any atom is 0.492 e. The predicted molar refractivity (Wildman–Crippen MR) is 82.3 cm³/mol. The van der Waals surface area contributed by atoms with E-state index in [4.69, 9.17) is 14.6 Å². The van der Waals surface area contributed by atoms with Gasteiger partial charge in [0.1, 0.15) is 5.82 Å². The van der Waals surface area contributed by atoms with Gasteiger partial charge in [0, 0.05) is 0 Å². The Kier molecular flexibility index (Phi) is 4.43. The van der Waals surface area contributed by atoms with E-state index in [1.807, 2.05) is 33.8 Å². The Hall–Kier alpha value is -1.68. The number of benzene rings is 1. The molecule has 1 saturated heterocycles. The van der Waals surface area contributed by atoms with E-state index in [1.54, 1.807) is 6.08 Å². The minimum absolute atomic E-state index is 0.307. The summed E-state index contributed by atoms with van der Waals surface area (Å²) in [5.41, 5.74) is 0.0866. The van der Waals surface area contributed by atoms with E-state index < -0.39 is 24.1 Å². The molecule has 0 spiro atoms. The van der Waals surface area contributed by atoms with Crippen LogP contribution in [0.1, 0.15) is 38.8 Å². The fourth-order valence-corrected chi connectivity index (χ4v) is 2.14. The van der Waals surface area contributed by atoms with E-state index in [0.717, 1.165) is 0 Å². The lowest BCUT2D eigenvalue weighted by atomic mass is 9.77. The SMILES string of the molecule is CC1(C)OB(C(=Cc2cc(F)ccc2C#N)CO)OC1(C)C. The van der Waals surface area contributed by atoms with Gasteiger partial charge in [0.25, 0.3) is 0 Å². The molecule has 6 heteroatoms. The average molecular weight is 303 g/mol. The van der Waals surface area contributed by atoms with E-state index in [1.165, 1.54) is 18.2 Å². The Balaban J connectivity index is 2.38. The van der Waals surface area contributed by atoms with Crippen molar-refractivity contribution in [1.82, 2.24) is 0 Å². The highest BCUT2D eigenvalue weighted by Gasteiger charge is 2.52. The van der Waals surface area contributed by atoms with Gasteiger partial charge in [0.05, 0.1) is 29.4 Å². The van der Waals surface area contributed by atoms with Crippen LogP contribution in [0.3, 0.4) is 0 Å². The van der Waals surface area contributed by atoms with Gasteiger partial charge < -0.3 is 14.4 Å². The Morgan fingerprint density at radius 1 is 1.32 bits per heavy atom. The highest BCUT2D eigenvalue weighted by Crippen LogP contribution is 2.38. The number of hydrogen-bond acceptors (Lipinski definition) is 4. The smallest absolute Gasteiger partial charge is 0.400 e. The van der Waals surface area contributed by atoms with Gasteiger partial charge in [-0.25, -0.2) is 4.39 Å². The highest BCUT2D eigenvalue weighted by atomic mass is 19.1. The van der Waals surface area contributed by atoms with Crippen LogP contribution < -0.4 is 0 Å². The molecular formula is C16H19BFNO3. The molecule has 0 atom stereocenters. The van der Waals surface area contributed by atoms with Crippen molar-refractivity contribution in [1.29, 1.82) is 5.26 Å². The molecule has 2 rings (SSSR count). The van der Waals surface area contributed by atoms with Crippen LogP contribution in [0.5, 0.6) is 0 Å². The van der Waals surface area contributed by atoms with Crippen LogP contribution in [-0.4, -0.2) is 30.0 Å². The zero-order valence-electron chi connectivity index (χ0n) is 13.2. The molecule has 0 radical (unpaired) electrons. The number of hydrogen-bond donors (Lipinski definition) is 1. The van der Waals surface area contributed by atoms with Crippen molar-refractivity contribution in [3.8, 4) is 6.07 Å². The summed E-state index contributed by atoms with van der Waals surface area (Å²) in [4.78, 5) is 0. The standard InChI is InChI=1S/C16H19BFNO3/c1-15(2)16(3,4)22-17(21-15)13(10-20)7-12-8-14(18)6-5-11(12)9-19/h5-8,20H,10H2,1-4H3. The van der Waals surface area contributed by atoms with Gasteiger partial charge in [-0.1, -0.05) is 6.08 Å². The van der Waals surface area contributed by atoms with Gasteiger partial charge in [-0.3, -0.25) is 0 Å². The van der Waals surface area contributed by atoms with E-state index in [9.17, 15) is 9.50 Å². The summed E-state index contributed by atoms with van der Waals surface area (Å²) >= 11 is 0. The summed E-state index contributed by atoms with van der Waals surface area (Å²) in [6.07, 6.45) is 1.55. The molecule has 0 saturated carbocycles. The molecule has 1 N–H and O–H groups in total. The van der Waals surface area contributed by atoms with E-state index in [0.29, 0.717) is 16.6 Å². The molecule has 0 aromatic heterocycles. The lowest BCUT2D eigenvalue weighted by Gasteiger charge is -2.32. The maximum atomic E-state index is 13.4. The second-order valence-electron chi connectivity index (χ2n) is 6.31. The molecule has 1 heterocycles. The largest absolute Gasteiger partial charge is 0.492 e. The number of nitrogens with zero attached hydrogens (tertiary/aromatic N) is 1. The van der Waals surface area contributed by atoms with Gasteiger partial charge in [0.15, 0.2) is 0 Å². The summed E-state index contributed by atoms with van der Waals surface area (Å²) in [6.45, 7) is 7.32. The number of nitriles is 1. The van der Waals surface area contributed by atoms with Gasteiger partial charge in [-0.2, -0.15) is 5.26 Å². The van der Waals surface area contributed by atoms with Crippen LogP contribution >= 0.6 is 0 Å². The molecule has 0 aliphatic carbocycles. The summed E-state index contributed by atoms with van der Waals surface area (Å²) < 4.78 is 25.1. The third-order valence-corrected chi connectivity index (χ3v) is 4.21. The van der Waals surface area contributed by atoms with Crippen LogP contribution in [0.2, 0.25) is 0 Å². The van der Waals surface area contributed by atoms with Crippen LogP contribution in [0.4, 0.5) is 4.39 Å². The maximum absolute atomic E-state index is 13.4. The molecule has 1 aromatic carbocycles. The minimum atomic E-state index is -0.732. The highest BCUT2D eigenvalue weighted by molar-refractivity contribution is 6.55. The first-order chi connectivity index (χ1) is 10.2. The van der Waals surface area contributed by atoms with Crippen molar-refractivity contribution in [3.05, 3.63) is 40.6 Å². The Morgan fingerprint density at radius 3 is 2.41 bits per heavy atom. The molecule has 0 amide bonds. The normalized spacial score (nSPS) is 20.0. The number of aliphatic hydroxyl groups excluding tert-OH is 1. The molecule has 1 aliphatic heterocycles. The van der Waals surface area contributed by atoms with Gasteiger partial charge in [-0.05, 0) is 56.9 Å². The Morgan fingerprint density at radius 2 is 1.91 bits per heavy atom. The van der Waals surface area contributed by atoms with Gasteiger partial charge in [0.2, 0.25) is 0 Å². The van der Waals surface area contributed by atoms with Gasteiger partial charge >= 0.3 is 7.12 Å². The molecule has 0 unspecified atom stereocenters. The van der Waals surface area contributed by atoms with E-state index in [2.05, 4.69) is 0 Å². The molecule has 0 bridgehead atoms. The number of rotatable bonds is 3. The fraction of sp³-hybridized carbons (Fsp3) is 0.438. The third-order valence-electron chi connectivity index (χ3n) is 4.21. The zero-order valence-corrected chi connectivity index (χ0v) is 13.2. The van der Waals surface area contributed by atoms with Crippen molar-refractivity contribution in [3.63, 3.8) is 0 Å². The van der Waals surface area contributed by atoms with Crippen molar-refractivity contribution in [2.75, 3.05) is 6.61 Å². The third kappa shape index (κ3) is 3.07. The summed E-state index contributed by atoms with van der Waals surface area (Å²) in [7, 11) is -0.732. The van der Waals surface area contributed by atoms with Crippen molar-refractivity contribution >= 4 is 13.2 Å². The summed E-state index contributed by atoms with van der Waals surface area (Å²) in [5.74, 6) is -0.448. The fourth-order valence-electron chi connectivity index (χ4n) is 2.14. The summed E-state index contributed by atoms with van der Waals surface area (Å²) in [5, 5.41) is 18.7. The quantitative estimate of drug-likeness (QED) is 0.872. The predicted octanol–water partition coefficient (Wildman–Crippen LogP) is 2.70. The molecule has 1 fully saturated rings. The lowest BCUT2D eigenvalue weighted by molar-refractivity contribution is 0.00578. The lowest BCUT2D eigenvalue weighted by Crippen LogP contribution is -2.41. The Labute approximate surface area is 130 Å². The van der Waals surface area contributed by atoms with E-state index in [-0.39, 0.29) is 6.61 Å². The molecule has 22 heavy (non-hydrogen) atoms. The van der Waals surface area contributed by atoms with Crippen LogP contribution in [-0.2, 0) is 9.31 Å².